The molecule has 5 nitrogen and oxygen atoms in total. The molecule has 4 aromatic rings. The van der Waals surface area contributed by atoms with Gasteiger partial charge in [0.1, 0.15) is 12.4 Å². The second-order valence-electron chi connectivity index (χ2n) is 8.47. The van der Waals surface area contributed by atoms with Crippen LogP contribution in [0.5, 0.6) is 28.7 Å². The molecule has 0 amide bonds. The Morgan fingerprint density at radius 2 is 1.68 bits per heavy atom. The van der Waals surface area contributed by atoms with Crippen molar-refractivity contribution in [1.82, 2.24) is 4.90 Å². The number of thiophene rings is 1. The van der Waals surface area contributed by atoms with Crippen molar-refractivity contribution in [3.63, 3.8) is 0 Å². The minimum absolute atomic E-state index is 0.000109. The first-order valence-electron chi connectivity index (χ1n) is 11.5. The summed E-state index contributed by atoms with van der Waals surface area (Å²) in [5.41, 5.74) is 0.604. The number of nitrogens with zero attached hydrogens (tertiary/aromatic N) is 1. The zero-order valence-corrected chi connectivity index (χ0v) is 20.4. The summed E-state index contributed by atoms with van der Waals surface area (Å²) in [7, 11) is 0. The Morgan fingerprint density at radius 1 is 0.853 bits per heavy atom. The largest absolute Gasteiger partial charge is 0.507 e. The molecule has 1 aromatic heterocycles. The standard InChI is InChI=1S/C27H27NO4S2/c29-21-17-22(30)24(16-20(21)27-14-18-6-2-3-7-26(18)34-27)32-23-9-8-19(33)15-25(23)31-13-12-28-10-4-1-5-11-28/h2-3,6-9,14-17,29-30,33H,1,4-5,10-13H2. The van der Waals surface area contributed by atoms with E-state index in [2.05, 4.69) is 17.5 Å². The van der Waals surface area contributed by atoms with Crippen molar-refractivity contribution in [2.45, 2.75) is 24.2 Å². The molecule has 5 rings (SSSR count). The lowest BCUT2D eigenvalue weighted by atomic mass is 10.1. The second-order valence-corrected chi connectivity index (χ2v) is 10.1. The number of likely N-dealkylation sites (tertiary alicyclic amines) is 1. The van der Waals surface area contributed by atoms with Gasteiger partial charge in [0.15, 0.2) is 23.0 Å². The summed E-state index contributed by atoms with van der Waals surface area (Å²) in [6.07, 6.45) is 3.78. The quantitative estimate of drug-likeness (QED) is 0.244. The van der Waals surface area contributed by atoms with Crippen LogP contribution in [-0.4, -0.2) is 41.4 Å². The predicted octanol–water partition coefficient (Wildman–Crippen LogP) is 6.93. The minimum Gasteiger partial charge on any atom is -0.507 e. The van der Waals surface area contributed by atoms with Crippen molar-refractivity contribution in [3.8, 4) is 39.2 Å². The van der Waals surface area contributed by atoms with Gasteiger partial charge in [0, 0.05) is 32.6 Å². The maximum atomic E-state index is 10.5. The van der Waals surface area contributed by atoms with E-state index in [0.717, 1.165) is 39.5 Å². The first kappa shape index (κ1) is 22.9. The lowest BCUT2D eigenvalue weighted by Crippen LogP contribution is -2.33. The molecule has 1 aliphatic heterocycles. The van der Waals surface area contributed by atoms with E-state index < -0.39 is 0 Å². The summed E-state index contributed by atoms with van der Waals surface area (Å²) in [6, 6.07) is 18.5. The van der Waals surface area contributed by atoms with Gasteiger partial charge in [0.05, 0.1) is 0 Å². The molecule has 1 fully saturated rings. The molecule has 2 heterocycles. The summed E-state index contributed by atoms with van der Waals surface area (Å²) in [4.78, 5) is 4.07. The fourth-order valence-electron chi connectivity index (χ4n) is 4.23. The molecule has 0 saturated carbocycles. The summed E-state index contributed by atoms with van der Waals surface area (Å²) in [5.74, 6) is 1.16. The van der Waals surface area contributed by atoms with Crippen LogP contribution in [0, 0.1) is 0 Å². The van der Waals surface area contributed by atoms with Crippen LogP contribution in [0.15, 0.2) is 65.6 Å². The monoisotopic (exact) mass is 493 g/mol. The number of fused-ring (bicyclic) bond motifs is 1. The van der Waals surface area contributed by atoms with E-state index in [9.17, 15) is 10.2 Å². The number of hydrogen-bond acceptors (Lipinski definition) is 7. The van der Waals surface area contributed by atoms with Crippen molar-refractivity contribution in [1.29, 1.82) is 0 Å². The highest BCUT2D eigenvalue weighted by Crippen LogP contribution is 2.45. The van der Waals surface area contributed by atoms with Gasteiger partial charge in [0.25, 0.3) is 0 Å². The number of aromatic hydroxyl groups is 2. The van der Waals surface area contributed by atoms with E-state index in [1.54, 1.807) is 23.5 Å². The van der Waals surface area contributed by atoms with Crippen molar-refractivity contribution in [3.05, 3.63) is 60.7 Å². The molecule has 0 radical (unpaired) electrons. The molecule has 0 aliphatic carbocycles. The van der Waals surface area contributed by atoms with Crippen LogP contribution in [0.4, 0.5) is 0 Å². The first-order valence-corrected chi connectivity index (χ1v) is 12.7. The van der Waals surface area contributed by atoms with E-state index in [1.807, 2.05) is 42.5 Å². The van der Waals surface area contributed by atoms with Crippen LogP contribution < -0.4 is 9.47 Å². The number of ether oxygens (including phenoxy) is 2. The van der Waals surface area contributed by atoms with Crippen molar-refractivity contribution < 1.29 is 19.7 Å². The van der Waals surface area contributed by atoms with Crippen LogP contribution in [-0.2, 0) is 0 Å². The molecule has 34 heavy (non-hydrogen) atoms. The molecule has 0 atom stereocenters. The normalized spacial score (nSPS) is 14.4. The van der Waals surface area contributed by atoms with Gasteiger partial charge in [0.2, 0.25) is 0 Å². The lowest BCUT2D eigenvalue weighted by Gasteiger charge is -2.26. The van der Waals surface area contributed by atoms with E-state index in [-0.39, 0.29) is 17.2 Å². The molecule has 3 aromatic carbocycles. The van der Waals surface area contributed by atoms with Crippen LogP contribution in [0.1, 0.15) is 19.3 Å². The Balaban J connectivity index is 1.38. The maximum absolute atomic E-state index is 10.5. The summed E-state index contributed by atoms with van der Waals surface area (Å²) < 4.78 is 13.3. The fraction of sp³-hybridized carbons (Fsp3) is 0.259. The molecule has 1 aliphatic rings. The Kier molecular flexibility index (Phi) is 6.85. The van der Waals surface area contributed by atoms with Crippen LogP contribution in [0.3, 0.4) is 0 Å². The SMILES string of the molecule is Oc1cc(O)c(-c2cc3ccccc3s2)cc1Oc1ccc(S)cc1OCCN1CCCCC1. The average Bonchev–Trinajstić information content (AvgIpc) is 3.27. The van der Waals surface area contributed by atoms with Crippen LogP contribution in [0.25, 0.3) is 20.5 Å². The van der Waals surface area contributed by atoms with Crippen LogP contribution >= 0.6 is 24.0 Å². The molecule has 0 unspecified atom stereocenters. The molecule has 0 spiro atoms. The number of hydrogen-bond donors (Lipinski definition) is 3. The zero-order chi connectivity index (χ0) is 23.5. The van der Waals surface area contributed by atoms with Crippen molar-refractivity contribution in [2.75, 3.05) is 26.2 Å². The van der Waals surface area contributed by atoms with E-state index >= 15 is 0 Å². The number of benzene rings is 3. The van der Waals surface area contributed by atoms with Gasteiger partial charge in [-0.2, -0.15) is 0 Å². The molecular formula is C27H27NO4S2. The molecule has 176 valence electrons. The third kappa shape index (κ3) is 5.12. The zero-order valence-electron chi connectivity index (χ0n) is 18.7. The van der Waals surface area contributed by atoms with Gasteiger partial charge >= 0.3 is 0 Å². The highest BCUT2D eigenvalue weighted by molar-refractivity contribution is 7.80. The van der Waals surface area contributed by atoms with Gasteiger partial charge in [-0.05, 0) is 67.7 Å². The van der Waals surface area contributed by atoms with Crippen molar-refractivity contribution in [2.24, 2.45) is 0 Å². The Labute approximate surface area is 208 Å². The minimum atomic E-state index is -0.142. The molecule has 7 heteroatoms. The molecule has 0 bridgehead atoms. The number of thiol groups is 1. The Hall–Kier alpha value is -2.87. The van der Waals surface area contributed by atoms with Gasteiger partial charge in [-0.25, -0.2) is 0 Å². The number of phenolic OH excluding ortho intramolecular Hbond substituents is 2. The smallest absolute Gasteiger partial charge is 0.170 e. The topological polar surface area (TPSA) is 62.2 Å². The number of piperidine rings is 1. The van der Waals surface area contributed by atoms with Gasteiger partial charge in [-0.3, -0.25) is 4.90 Å². The fourth-order valence-corrected chi connectivity index (χ4v) is 5.51. The van der Waals surface area contributed by atoms with Crippen molar-refractivity contribution >= 4 is 34.1 Å². The summed E-state index contributed by atoms with van der Waals surface area (Å²) in [6.45, 7) is 3.63. The van der Waals surface area contributed by atoms with Crippen LogP contribution in [0.2, 0.25) is 0 Å². The molecule has 2 N–H and O–H groups in total. The van der Waals surface area contributed by atoms with Gasteiger partial charge in [-0.15, -0.1) is 24.0 Å². The highest BCUT2D eigenvalue weighted by Gasteiger charge is 2.17. The number of rotatable bonds is 7. The maximum Gasteiger partial charge on any atom is 0.170 e. The molecule has 1 saturated heterocycles. The molecular weight excluding hydrogens is 466 g/mol. The van der Waals surface area contributed by atoms with E-state index in [1.165, 1.54) is 25.3 Å². The Morgan fingerprint density at radius 3 is 2.50 bits per heavy atom. The van der Waals surface area contributed by atoms with E-state index in [4.69, 9.17) is 9.47 Å². The second kappa shape index (κ2) is 10.2. The summed E-state index contributed by atoms with van der Waals surface area (Å²) in [5, 5.41) is 22.2. The Bertz CT molecular complexity index is 1260. The van der Waals surface area contributed by atoms with Gasteiger partial charge in [-0.1, -0.05) is 24.6 Å². The third-order valence-electron chi connectivity index (χ3n) is 6.03. The average molecular weight is 494 g/mol. The third-order valence-corrected chi connectivity index (χ3v) is 7.46. The lowest BCUT2D eigenvalue weighted by molar-refractivity contribution is 0.181. The highest BCUT2D eigenvalue weighted by atomic mass is 32.1. The number of phenols is 2. The van der Waals surface area contributed by atoms with Gasteiger partial charge < -0.3 is 19.7 Å². The predicted molar refractivity (Wildman–Crippen MR) is 140 cm³/mol. The van der Waals surface area contributed by atoms with E-state index in [0.29, 0.717) is 23.7 Å². The summed E-state index contributed by atoms with van der Waals surface area (Å²) >= 11 is 6.02. The first-order chi connectivity index (χ1) is 16.6.